The number of benzene rings is 2. The van der Waals surface area contributed by atoms with Gasteiger partial charge in [-0.25, -0.2) is 9.69 Å². The van der Waals surface area contributed by atoms with Crippen LogP contribution in [0.1, 0.15) is 36.8 Å². The second-order valence-corrected chi connectivity index (χ2v) is 8.59. The third-order valence-electron chi connectivity index (χ3n) is 5.69. The molecule has 4 rings (SSSR count). The number of nitriles is 1. The molecule has 0 atom stereocenters. The third-order valence-corrected chi connectivity index (χ3v) is 6.16. The highest BCUT2D eigenvalue weighted by atomic mass is 35.5. The summed E-state index contributed by atoms with van der Waals surface area (Å²) in [5.74, 6) is -0.213. The Balaban J connectivity index is 1.73. The van der Waals surface area contributed by atoms with Crippen molar-refractivity contribution in [1.82, 2.24) is 0 Å². The van der Waals surface area contributed by atoms with E-state index in [0.29, 0.717) is 31.8 Å². The molecule has 0 unspecified atom stereocenters. The number of fused-ring (bicyclic) bond motifs is 1. The van der Waals surface area contributed by atoms with Crippen molar-refractivity contribution in [3.63, 3.8) is 0 Å². The minimum Gasteiger partial charge on any atom is -0.491 e. The SMILES string of the molecule is N#CC1(COc2ccc(Cl)cc2C=C2C(=O)N(C(=O)O)c3cc(Cl)ccc32)CCCC1. The standard InChI is InChI=1S/C23H18Cl2N2O4/c24-15-4-6-20(31-13-23(12-26)7-1-2-8-23)14(9-15)10-18-17-5-3-16(25)11-19(17)27(21(18)28)22(29)30/h3-6,9-11H,1-2,7-8,13H2,(H,29,30). The van der Waals surface area contributed by atoms with Crippen LogP contribution < -0.4 is 9.64 Å². The van der Waals surface area contributed by atoms with E-state index in [1.165, 1.54) is 6.07 Å². The van der Waals surface area contributed by atoms with Gasteiger partial charge >= 0.3 is 6.09 Å². The summed E-state index contributed by atoms with van der Waals surface area (Å²) in [5, 5.41) is 19.9. The van der Waals surface area contributed by atoms with E-state index in [1.54, 1.807) is 36.4 Å². The fraction of sp³-hybridized carbons (Fsp3) is 0.261. The van der Waals surface area contributed by atoms with Crippen LogP contribution in [0.3, 0.4) is 0 Å². The maximum absolute atomic E-state index is 12.9. The molecule has 8 heteroatoms. The predicted molar refractivity (Wildman–Crippen MR) is 118 cm³/mol. The summed E-state index contributed by atoms with van der Waals surface area (Å²) in [4.78, 5) is 25.2. The first-order valence-electron chi connectivity index (χ1n) is 9.76. The molecule has 0 saturated heterocycles. The highest BCUT2D eigenvalue weighted by Gasteiger charge is 2.37. The molecule has 0 radical (unpaired) electrons. The molecular weight excluding hydrogens is 439 g/mol. The number of rotatable bonds is 4. The lowest BCUT2D eigenvalue weighted by molar-refractivity contribution is -0.112. The molecule has 31 heavy (non-hydrogen) atoms. The van der Waals surface area contributed by atoms with Crippen LogP contribution in [0.2, 0.25) is 10.0 Å². The summed E-state index contributed by atoms with van der Waals surface area (Å²) in [5.41, 5.74) is 0.853. The second-order valence-electron chi connectivity index (χ2n) is 7.71. The minimum atomic E-state index is -1.39. The zero-order chi connectivity index (χ0) is 22.2. The molecule has 1 N–H and O–H groups in total. The molecule has 2 aliphatic rings. The van der Waals surface area contributed by atoms with Gasteiger partial charge in [0.25, 0.3) is 5.91 Å². The van der Waals surface area contributed by atoms with Gasteiger partial charge in [-0.2, -0.15) is 5.26 Å². The molecule has 2 aromatic carbocycles. The lowest BCUT2D eigenvalue weighted by Gasteiger charge is -2.21. The smallest absolute Gasteiger partial charge is 0.419 e. The maximum atomic E-state index is 12.9. The van der Waals surface area contributed by atoms with Gasteiger partial charge in [-0.3, -0.25) is 4.79 Å². The lowest BCUT2D eigenvalue weighted by Crippen LogP contribution is -2.31. The van der Waals surface area contributed by atoms with E-state index >= 15 is 0 Å². The van der Waals surface area contributed by atoms with E-state index in [2.05, 4.69) is 6.07 Å². The van der Waals surface area contributed by atoms with Crippen molar-refractivity contribution in [2.45, 2.75) is 25.7 Å². The van der Waals surface area contributed by atoms with E-state index in [1.807, 2.05) is 0 Å². The van der Waals surface area contributed by atoms with Crippen LogP contribution in [-0.2, 0) is 4.79 Å². The Hall–Kier alpha value is -3.01. The van der Waals surface area contributed by atoms with Crippen LogP contribution in [-0.4, -0.2) is 23.7 Å². The summed E-state index contributed by atoms with van der Waals surface area (Å²) in [6.07, 6.45) is 3.73. The van der Waals surface area contributed by atoms with Gasteiger partial charge in [0, 0.05) is 21.2 Å². The van der Waals surface area contributed by atoms with E-state index in [9.17, 15) is 20.0 Å². The fourth-order valence-electron chi connectivity index (χ4n) is 4.07. The van der Waals surface area contributed by atoms with Gasteiger partial charge in [0.15, 0.2) is 0 Å². The molecule has 0 aromatic heterocycles. The zero-order valence-corrected chi connectivity index (χ0v) is 17.9. The Kier molecular flexibility index (Phi) is 5.65. The zero-order valence-electron chi connectivity index (χ0n) is 16.4. The van der Waals surface area contributed by atoms with Gasteiger partial charge in [0.05, 0.1) is 22.7 Å². The molecule has 2 aromatic rings. The molecule has 0 spiro atoms. The number of carboxylic acid groups (broad SMARTS) is 1. The normalized spacial score (nSPS) is 18.2. The topological polar surface area (TPSA) is 90.6 Å². The second kappa shape index (κ2) is 8.26. The van der Waals surface area contributed by atoms with E-state index in [4.69, 9.17) is 27.9 Å². The predicted octanol–water partition coefficient (Wildman–Crippen LogP) is 6.02. The molecular formula is C23H18Cl2N2O4. The van der Waals surface area contributed by atoms with E-state index in [-0.39, 0.29) is 17.9 Å². The molecule has 1 aliphatic carbocycles. The van der Waals surface area contributed by atoms with Crippen molar-refractivity contribution in [2.24, 2.45) is 5.41 Å². The van der Waals surface area contributed by atoms with Gasteiger partial charge in [0.1, 0.15) is 12.4 Å². The molecule has 158 valence electrons. The first-order chi connectivity index (χ1) is 14.8. The van der Waals surface area contributed by atoms with Crippen molar-refractivity contribution in [3.8, 4) is 11.8 Å². The monoisotopic (exact) mass is 456 g/mol. The number of carbonyl (C=O) groups is 2. The van der Waals surface area contributed by atoms with Crippen molar-refractivity contribution >= 4 is 52.5 Å². The Bertz CT molecular complexity index is 1150. The van der Waals surface area contributed by atoms with Crippen molar-refractivity contribution < 1.29 is 19.4 Å². The summed E-state index contributed by atoms with van der Waals surface area (Å²) in [6.45, 7) is 0.239. The molecule has 6 nitrogen and oxygen atoms in total. The molecule has 1 fully saturated rings. The van der Waals surface area contributed by atoms with Crippen LogP contribution in [0.25, 0.3) is 11.6 Å². The number of anilines is 1. The number of carbonyl (C=O) groups excluding carboxylic acids is 1. The number of amides is 2. The highest BCUT2D eigenvalue weighted by molar-refractivity contribution is 6.42. The highest BCUT2D eigenvalue weighted by Crippen LogP contribution is 2.42. The molecule has 0 bridgehead atoms. The van der Waals surface area contributed by atoms with Crippen LogP contribution in [0.5, 0.6) is 5.75 Å². The lowest BCUT2D eigenvalue weighted by atomic mass is 9.89. The first-order valence-corrected chi connectivity index (χ1v) is 10.5. The van der Waals surface area contributed by atoms with Crippen LogP contribution in [0.4, 0.5) is 10.5 Å². The maximum Gasteiger partial charge on any atom is 0.419 e. The molecule has 2 amide bonds. The van der Waals surface area contributed by atoms with Gasteiger partial charge in [0.2, 0.25) is 0 Å². The Morgan fingerprint density at radius 2 is 1.87 bits per heavy atom. The minimum absolute atomic E-state index is 0.192. The third kappa shape index (κ3) is 3.99. The molecule has 1 heterocycles. The van der Waals surface area contributed by atoms with Crippen LogP contribution >= 0.6 is 23.2 Å². The molecule has 1 saturated carbocycles. The Morgan fingerprint density at radius 1 is 1.19 bits per heavy atom. The number of halogens is 2. The summed E-state index contributed by atoms with van der Waals surface area (Å²) >= 11 is 12.2. The van der Waals surface area contributed by atoms with E-state index in [0.717, 1.165) is 25.7 Å². The summed E-state index contributed by atoms with van der Waals surface area (Å²) in [7, 11) is 0. The van der Waals surface area contributed by atoms with Gasteiger partial charge in [-0.1, -0.05) is 42.1 Å². The molecule has 1 aliphatic heterocycles. The Morgan fingerprint density at radius 3 is 2.55 bits per heavy atom. The summed E-state index contributed by atoms with van der Waals surface area (Å²) in [6, 6.07) is 12.0. The number of hydrogen-bond donors (Lipinski definition) is 1. The van der Waals surface area contributed by atoms with Crippen molar-refractivity contribution in [3.05, 3.63) is 57.6 Å². The fourth-order valence-corrected chi connectivity index (χ4v) is 4.41. The quantitative estimate of drug-likeness (QED) is 0.567. The van der Waals surface area contributed by atoms with Gasteiger partial charge in [-0.15, -0.1) is 0 Å². The number of ether oxygens (including phenoxy) is 1. The van der Waals surface area contributed by atoms with Gasteiger partial charge in [-0.05, 0) is 49.2 Å². The van der Waals surface area contributed by atoms with Crippen LogP contribution in [0, 0.1) is 16.7 Å². The average molecular weight is 457 g/mol. The first kappa shape index (κ1) is 21.2. The van der Waals surface area contributed by atoms with Crippen molar-refractivity contribution in [2.75, 3.05) is 11.5 Å². The largest absolute Gasteiger partial charge is 0.491 e. The Labute approximate surface area is 189 Å². The van der Waals surface area contributed by atoms with Gasteiger partial charge < -0.3 is 9.84 Å². The van der Waals surface area contributed by atoms with E-state index < -0.39 is 17.4 Å². The number of hydrogen-bond acceptors (Lipinski definition) is 4. The average Bonchev–Trinajstić information content (AvgIpc) is 3.31. The number of nitrogens with zero attached hydrogens (tertiary/aromatic N) is 2. The van der Waals surface area contributed by atoms with Crippen molar-refractivity contribution in [1.29, 1.82) is 5.26 Å². The number of imide groups is 1. The summed E-state index contributed by atoms with van der Waals surface area (Å²) < 4.78 is 6.01. The van der Waals surface area contributed by atoms with Crippen LogP contribution in [0.15, 0.2) is 36.4 Å².